The number of fused-ring (bicyclic) bond motifs is 1. The molecule has 5 nitrogen and oxygen atoms in total. The molecule has 1 aliphatic heterocycles. The maximum absolute atomic E-state index is 13.3. The number of aromatic nitrogens is 1. The molecule has 0 spiro atoms. The Kier molecular flexibility index (Phi) is 6.03. The Balaban J connectivity index is 1.52. The van der Waals surface area contributed by atoms with Crippen molar-refractivity contribution in [1.29, 1.82) is 0 Å². The Bertz CT molecular complexity index is 1350. The van der Waals surface area contributed by atoms with Crippen molar-refractivity contribution in [3.05, 3.63) is 107 Å². The van der Waals surface area contributed by atoms with Gasteiger partial charge in [0.05, 0.1) is 30.3 Å². The Hall–Kier alpha value is -3.70. The first-order chi connectivity index (χ1) is 16.5. The minimum atomic E-state index is -0.686. The van der Waals surface area contributed by atoms with E-state index < -0.39 is 23.7 Å². The number of carbonyl (C=O) groups is 2. The molecule has 2 heterocycles. The standard InChI is InChI=1S/C28H23ClN2O3/c1-34-22-13-6-18(7-14-22)16-17-31-26(20-8-11-21(29)12-9-20)25(27(32)28(31)33)24-15-10-19-4-2-3-5-23(19)30-24/h2-15,25-26H,16-17H2,1H3/t25-,26-/m1/s1. The minimum Gasteiger partial charge on any atom is -0.497 e. The van der Waals surface area contributed by atoms with E-state index in [0.29, 0.717) is 23.7 Å². The zero-order chi connectivity index (χ0) is 23.7. The number of ether oxygens (including phenoxy) is 1. The molecule has 170 valence electrons. The summed E-state index contributed by atoms with van der Waals surface area (Å²) in [4.78, 5) is 33.0. The van der Waals surface area contributed by atoms with Crippen molar-refractivity contribution in [2.75, 3.05) is 13.7 Å². The van der Waals surface area contributed by atoms with Crippen molar-refractivity contribution in [3.63, 3.8) is 0 Å². The van der Waals surface area contributed by atoms with E-state index in [2.05, 4.69) is 0 Å². The number of hydrogen-bond donors (Lipinski definition) is 0. The third-order valence-corrected chi connectivity index (χ3v) is 6.61. The number of hydrogen-bond acceptors (Lipinski definition) is 4. The van der Waals surface area contributed by atoms with Crippen LogP contribution < -0.4 is 4.74 Å². The molecule has 6 heteroatoms. The van der Waals surface area contributed by atoms with Crippen molar-refractivity contribution in [3.8, 4) is 5.75 Å². The monoisotopic (exact) mass is 470 g/mol. The lowest BCUT2D eigenvalue weighted by Crippen LogP contribution is -2.31. The summed E-state index contributed by atoms with van der Waals surface area (Å²) >= 11 is 6.13. The Labute approximate surface area is 202 Å². The molecule has 0 aliphatic carbocycles. The van der Waals surface area contributed by atoms with Gasteiger partial charge in [0.2, 0.25) is 5.78 Å². The van der Waals surface area contributed by atoms with E-state index in [1.54, 1.807) is 24.1 Å². The lowest BCUT2D eigenvalue weighted by molar-refractivity contribution is -0.140. The van der Waals surface area contributed by atoms with Crippen LogP contribution >= 0.6 is 11.6 Å². The van der Waals surface area contributed by atoms with E-state index in [0.717, 1.165) is 27.8 Å². The van der Waals surface area contributed by atoms with Crippen LogP contribution in [0.25, 0.3) is 10.9 Å². The highest BCUT2D eigenvalue weighted by molar-refractivity contribution is 6.40. The van der Waals surface area contributed by atoms with Gasteiger partial charge in [-0.15, -0.1) is 0 Å². The van der Waals surface area contributed by atoms with Crippen LogP contribution in [0, 0.1) is 0 Å². The molecule has 1 aliphatic rings. The number of para-hydroxylation sites is 1. The number of nitrogens with zero attached hydrogens (tertiary/aromatic N) is 2. The summed E-state index contributed by atoms with van der Waals surface area (Å²) in [5.41, 5.74) is 3.32. The SMILES string of the molecule is COc1ccc(CCN2C(=O)C(=O)[C@H](c3ccc4ccccc4n3)[C@H]2c2ccc(Cl)cc2)cc1. The van der Waals surface area contributed by atoms with Gasteiger partial charge in [0, 0.05) is 17.0 Å². The molecule has 1 saturated heterocycles. The van der Waals surface area contributed by atoms with Gasteiger partial charge in [-0.05, 0) is 53.9 Å². The third-order valence-electron chi connectivity index (χ3n) is 6.36. The molecule has 2 atom stereocenters. The zero-order valence-electron chi connectivity index (χ0n) is 18.6. The molecular weight excluding hydrogens is 448 g/mol. The molecular formula is C28H23ClN2O3. The molecule has 34 heavy (non-hydrogen) atoms. The number of pyridine rings is 1. The van der Waals surface area contributed by atoms with Crippen molar-refractivity contribution in [2.45, 2.75) is 18.4 Å². The van der Waals surface area contributed by atoms with Gasteiger partial charge in [0.15, 0.2) is 0 Å². The summed E-state index contributed by atoms with van der Waals surface area (Å²) in [6.07, 6.45) is 0.616. The second-order valence-corrected chi connectivity index (χ2v) is 8.80. The van der Waals surface area contributed by atoms with E-state index in [9.17, 15) is 9.59 Å². The number of ketones is 1. The van der Waals surface area contributed by atoms with Gasteiger partial charge in [-0.25, -0.2) is 0 Å². The van der Waals surface area contributed by atoms with Crippen LogP contribution in [0.1, 0.15) is 28.8 Å². The van der Waals surface area contributed by atoms with E-state index in [-0.39, 0.29) is 0 Å². The predicted molar refractivity (Wildman–Crippen MR) is 132 cm³/mol. The molecule has 5 rings (SSSR count). The average molecular weight is 471 g/mol. The first-order valence-electron chi connectivity index (χ1n) is 11.1. The predicted octanol–water partition coefficient (Wildman–Crippen LogP) is 5.38. The maximum atomic E-state index is 13.3. The number of likely N-dealkylation sites (tertiary alicyclic amines) is 1. The largest absolute Gasteiger partial charge is 0.497 e. The zero-order valence-corrected chi connectivity index (χ0v) is 19.4. The van der Waals surface area contributed by atoms with Crippen molar-refractivity contribution in [1.82, 2.24) is 9.88 Å². The molecule has 1 fully saturated rings. The van der Waals surface area contributed by atoms with Crippen LogP contribution in [0.5, 0.6) is 5.75 Å². The van der Waals surface area contributed by atoms with Crippen molar-refractivity contribution in [2.24, 2.45) is 0 Å². The fourth-order valence-corrected chi connectivity index (χ4v) is 4.72. The number of amides is 1. The summed E-state index contributed by atoms with van der Waals surface area (Å²) < 4.78 is 5.23. The quantitative estimate of drug-likeness (QED) is 0.355. The number of carbonyl (C=O) groups excluding carboxylic acids is 2. The van der Waals surface area contributed by atoms with Crippen LogP contribution in [-0.2, 0) is 16.0 Å². The van der Waals surface area contributed by atoms with Gasteiger partial charge >= 0.3 is 0 Å². The molecule has 1 aromatic heterocycles. The Morgan fingerprint density at radius 1 is 0.912 bits per heavy atom. The van der Waals surface area contributed by atoms with Crippen LogP contribution in [0.15, 0.2) is 84.9 Å². The maximum Gasteiger partial charge on any atom is 0.291 e. The van der Waals surface area contributed by atoms with Gasteiger partial charge in [-0.3, -0.25) is 14.6 Å². The van der Waals surface area contributed by atoms with E-state index >= 15 is 0 Å². The Morgan fingerprint density at radius 3 is 2.38 bits per heavy atom. The fourth-order valence-electron chi connectivity index (χ4n) is 4.59. The van der Waals surface area contributed by atoms with Crippen LogP contribution in [0.4, 0.5) is 0 Å². The number of methoxy groups -OCH3 is 1. The smallest absolute Gasteiger partial charge is 0.291 e. The summed E-state index contributed by atoms with van der Waals surface area (Å²) in [5.74, 6) is -0.822. The number of benzene rings is 3. The highest BCUT2D eigenvalue weighted by Crippen LogP contribution is 2.42. The normalized spacial score (nSPS) is 18.0. The first kappa shape index (κ1) is 22.1. The topological polar surface area (TPSA) is 59.5 Å². The van der Waals surface area contributed by atoms with Crippen molar-refractivity contribution >= 4 is 34.2 Å². The summed E-state index contributed by atoms with van der Waals surface area (Å²) in [6, 6.07) is 26.2. The van der Waals surface area contributed by atoms with Crippen molar-refractivity contribution < 1.29 is 14.3 Å². The van der Waals surface area contributed by atoms with Gasteiger partial charge in [-0.1, -0.05) is 60.1 Å². The third kappa shape index (κ3) is 4.15. The van der Waals surface area contributed by atoms with E-state index in [1.165, 1.54) is 0 Å². The molecule has 0 N–H and O–H groups in total. The van der Waals surface area contributed by atoms with Crippen LogP contribution in [0.2, 0.25) is 5.02 Å². The van der Waals surface area contributed by atoms with Gasteiger partial charge < -0.3 is 9.64 Å². The summed E-state index contributed by atoms with van der Waals surface area (Å²) in [5, 5.41) is 1.59. The van der Waals surface area contributed by atoms with E-state index in [1.807, 2.05) is 72.8 Å². The number of rotatable bonds is 6. The number of Topliss-reactive ketones (excluding diaryl/α,β-unsaturated/α-hetero) is 1. The molecule has 3 aromatic carbocycles. The average Bonchev–Trinajstić information content (AvgIpc) is 3.13. The molecule has 0 unspecified atom stereocenters. The fraction of sp³-hybridized carbons (Fsp3) is 0.179. The highest BCUT2D eigenvalue weighted by atomic mass is 35.5. The lowest BCUT2D eigenvalue weighted by Gasteiger charge is -2.28. The van der Waals surface area contributed by atoms with E-state index in [4.69, 9.17) is 21.3 Å². The molecule has 0 bridgehead atoms. The van der Waals surface area contributed by atoms with Gasteiger partial charge in [-0.2, -0.15) is 0 Å². The van der Waals surface area contributed by atoms with Gasteiger partial charge in [0.25, 0.3) is 5.91 Å². The molecule has 0 radical (unpaired) electrons. The Morgan fingerprint density at radius 2 is 1.65 bits per heavy atom. The lowest BCUT2D eigenvalue weighted by atomic mass is 9.89. The second-order valence-electron chi connectivity index (χ2n) is 8.36. The first-order valence-corrected chi connectivity index (χ1v) is 11.5. The van der Waals surface area contributed by atoms with Gasteiger partial charge in [0.1, 0.15) is 5.75 Å². The van der Waals surface area contributed by atoms with Crippen LogP contribution in [0.3, 0.4) is 0 Å². The minimum absolute atomic E-state index is 0.411. The highest BCUT2D eigenvalue weighted by Gasteiger charge is 2.49. The second kappa shape index (κ2) is 9.27. The molecule has 0 saturated carbocycles. The molecule has 4 aromatic rings. The van der Waals surface area contributed by atoms with Crippen LogP contribution in [-0.4, -0.2) is 35.2 Å². The number of halogens is 1. The summed E-state index contributed by atoms with van der Waals surface area (Å²) in [7, 11) is 1.63. The molecule has 1 amide bonds. The summed E-state index contributed by atoms with van der Waals surface area (Å²) in [6.45, 7) is 0.411.